The minimum Gasteiger partial charge on any atom is -0.349 e. The van der Waals surface area contributed by atoms with Crippen LogP contribution in [-0.2, 0) is 23.1 Å². The molecule has 20 heavy (non-hydrogen) atoms. The predicted octanol–water partition coefficient (Wildman–Crippen LogP) is 1.65. The molecule has 0 aliphatic heterocycles. The van der Waals surface area contributed by atoms with Crippen LogP contribution in [0.5, 0.6) is 0 Å². The highest BCUT2D eigenvalue weighted by Crippen LogP contribution is 2.15. The lowest BCUT2D eigenvalue weighted by atomic mass is 10.3. The highest BCUT2D eigenvalue weighted by Gasteiger charge is 2.20. The van der Waals surface area contributed by atoms with Crippen LogP contribution in [0.2, 0.25) is 0 Å². The molecule has 0 aliphatic carbocycles. The highest BCUT2D eigenvalue weighted by molar-refractivity contribution is 7.98. The van der Waals surface area contributed by atoms with E-state index in [-0.39, 0.29) is 6.04 Å². The molecule has 1 heterocycles. The van der Waals surface area contributed by atoms with Crippen LogP contribution in [0.4, 0.5) is 0 Å². The number of rotatable bonds is 9. The van der Waals surface area contributed by atoms with Gasteiger partial charge in [0.05, 0.1) is 4.90 Å². The van der Waals surface area contributed by atoms with Crippen molar-refractivity contribution in [3.05, 3.63) is 18.0 Å². The standard InChI is InChI=1S/C13H25N3O2S2/c1-5-16-10-13(8-12(16)9-14-3)20(17,18)15-11(2)6-7-19-4/h8,10-11,14-15H,5-7,9H2,1-4H3. The lowest BCUT2D eigenvalue weighted by Crippen LogP contribution is -2.32. The van der Waals surface area contributed by atoms with E-state index in [1.165, 1.54) is 0 Å². The van der Waals surface area contributed by atoms with Crippen LogP contribution in [0.1, 0.15) is 26.0 Å². The van der Waals surface area contributed by atoms with Crippen molar-refractivity contribution in [2.24, 2.45) is 0 Å². The second kappa shape index (κ2) is 8.07. The lowest BCUT2D eigenvalue weighted by molar-refractivity contribution is 0.556. The van der Waals surface area contributed by atoms with Gasteiger partial charge in [-0.2, -0.15) is 11.8 Å². The Bertz CT molecular complexity index is 512. The molecule has 0 bridgehead atoms. The van der Waals surface area contributed by atoms with Crippen LogP contribution >= 0.6 is 11.8 Å². The minimum absolute atomic E-state index is 0.0508. The van der Waals surface area contributed by atoms with E-state index in [0.29, 0.717) is 11.4 Å². The Labute approximate surface area is 126 Å². The lowest BCUT2D eigenvalue weighted by Gasteiger charge is -2.12. The van der Waals surface area contributed by atoms with Crippen LogP contribution in [0, 0.1) is 0 Å². The highest BCUT2D eigenvalue weighted by atomic mass is 32.2. The van der Waals surface area contributed by atoms with E-state index in [2.05, 4.69) is 10.0 Å². The Morgan fingerprint density at radius 1 is 1.45 bits per heavy atom. The summed E-state index contributed by atoms with van der Waals surface area (Å²) in [5.41, 5.74) is 0.979. The number of hydrogen-bond donors (Lipinski definition) is 2. The molecule has 1 atom stereocenters. The van der Waals surface area contributed by atoms with E-state index in [9.17, 15) is 8.42 Å². The molecule has 5 nitrogen and oxygen atoms in total. The second-order valence-electron chi connectivity index (χ2n) is 4.79. The first-order chi connectivity index (χ1) is 9.44. The van der Waals surface area contributed by atoms with Gasteiger partial charge in [0.1, 0.15) is 0 Å². The largest absolute Gasteiger partial charge is 0.349 e. The van der Waals surface area contributed by atoms with E-state index < -0.39 is 10.0 Å². The maximum absolute atomic E-state index is 12.3. The summed E-state index contributed by atoms with van der Waals surface area (Å²) in [5.74, 6) is 0.949. The van der Waals surface area contributed by atoms with Crippen LogP contribution in [0.15, 0.2) is 17.2 Å². The number of thioether (sulfide) groups is 1. The molecule has 0 aliphatic rings. The molecule has 0 spiro atoms. The molecule has 0 fully saturated rings. The summed E-state index contributed by atoms with van der Waals surface area (Å²) in [6, 6.07) is 1.69. The maximum Gasteiger partial charge on any atom is 0.242 e. The average Bonchev–Trinajstić information content (AvgIpc) is 2.80. The second-order valence-corrected chi connectivity index (χ2v) is 7.49. The Balaban J connectivity index is 2.86. The molecular weight excluding hydrogens is 294 g/mol. The molecular formula is C13H25N3O2S2. The van der Waals surface area contributed by atoms with E-state index in [0.717, 1.165) is 24.4 Å². The molecule has 0 saturated carbocycles. The molecule has 2 N–H and O–H groups in total. The van der Waals surface area contributed by atoms with Crippen LogP contribution in [-0.4, -0.2) is 38.1 Å². The summed E-state index contributed by atoms with van der Waals surface area (Å²) < 4.78 is 29.4. The maximum atomic E-state index is 12.3. The van der Waals surface area contributed by atoms with Gasteiger partial charge in [-0.05, 0) is 45.4 Å². The topological polar surface area (TPSA) is 63.1 Å². The number of nitrogens with one attached hydrogen (secondary N) is 2. The van der Waals surface area contributed by atoms with E-state index in [1.54, 1.807) is 24.0 Å². The number of aryl methyl sites for hydroxylation is 1. The number of hydrogen-bond acceptors (Lipinski definition) is 4. The third-order valence-corrected chi connectivity index (χ3v) is 5.28. The number of nitrogens with zero attached hydrogens (tertiary/aromatic N) is 1. The molecule has 0 radical (unpaired) electrons. The third kappa shape index (κ3) is 4.80. The molecule has 0 amide bonds. The van der Waals surface area contributed by atoms with Crippen molar-refractivity contribution in [2.75, 3.05) is 19.1 Å². The molecule has 1 unspecified atom stereocenters. The van der Waals surface area contributed by atoms with E-state index in [4.69, 9.17) is 0 Å². The van der Waals surface area contributed by atoms with Gasteiger partial charge in [-0.1, -0.05) is 0 Å². The molecule has 1 aromatic heterocycles. The summed E-state index contributed by atoms with van der Waals surface area (Å²) in [5, 5.41) is 3.05. The number of sulfonamides is 1. The van der Waals surface area contributed by atoms with Crippen molar-refractivity contribution < 1.29 is 8.42 Å². The first kappa shape index (κ1) is 17.6. The summed E-state index contributed by atoms with van der Waals surface area (Å²) in [4.78, 5) is 0.348. The first-order valence-electron chi connectivity index (χ1n) is 6.79. The zero-order chi connectivity index (χ0) is 15.2. The van der Waals surface area contributed by atoms with Crippen molar-refractivity contribution in [2.45, 2.75) is 44.3 Å². The van der Waals surface area contributed by atoms with Gasteiger partial charge >= 0.3 is 0 Å². The van der Waals surface area contributed by atoms with Gasteiger partial charge in [-0.25, -0.2) is 13.1 Å². The normalized spacial score (nSPS) is 13.6. The Morgan fingerprint density at radius 3 is 2.70 bits per heavy atom. The van der Waals surface area contributed by atoms with Crippen LogP contribution in [0.25, 0.3) is 0 Å². The average molecular weight is 319 g/mol. The van der Waals surface area contributed by atoms with Crippen LogP contribution < -0.4 is 10.0 Å². The zero-order valence-corrected chi connectivity index (χ0v) is 14.3. The monoisotopic (exact) mass is 319 g/mol. The fourth-order valence-corrected chi connectivity index (χ4v) is 3.91. The van der Waals surface area contributed by atoms with Crippen molar-refractivity contribution in [3.8, 4) is 0 Å². The minimum atomic E-state index is -3.43. The van der Waals surface area contributed by atoms with Gasteiger partial charge in [0.2, 0.25) is 10.0 Å². The quantitative estimate of drug-likeness (QED) is 0.726. The Hall–Kier alpha value is -0.500. The van der Waals surface area contributed by atoms with E-state index >= 15 is 0 Å². The Morgan fingerprint density at radius 2 is 2.15 bits per heavy atom. The predicted molar refractivity (Wildman–Crippen MR) is 85.7 cm³/mol. The summed E-state index contributed by atoms with van der Waals surface area (Å²) >= 11 is 1.72. The van der Waals surface area contributed by atoms with Crippen molar-refractivity contribution in [3.63, 3.8) is 0 Å². The zero-order valence-electron chi connectivity index (χ0n) is 12.6. The molecule has 116 valence electrons. The van der Waals surface area contributed by atoms with Crippen molar-refractivity contribution in [1.82, 2.24) is 14.6 Å². The van der Waals surface area contributed by atoms with Crippen LogP contribution in [0.3, 0.4) is 0 Å². The number of aromatic nitrogens is 1. The van der Waals surface area contributed by atoms with Gasteiger partial charge in [-0.3, -0.25) is 0 Å². The molecule has 1 aromatic rings. The fraction of sp³-hybridized carbons (Fsp3) is 0.692. The first-order valence-corrected chi connectivity index (χ1v) is 9.67. The molecule has 0 aromatic carbocycles. The van der Waals surface area contributed by atoms with Gasteiger partial charge in [0.25, 0.3) is 0 Å². The Kier molecular flexibility index (Phi) is 7.08. The molecule has 0 saturated heterocycles. The summed E-state index contributed by atoms with van der Waals surface area (Å²) in [6.07, 6.45) is 4.56. The van der Waals surface area contributed by atoms with Gasteiger partial charge < -0.3 is 9.88 Å². The smallest absolute Gasteiger partial charge is 0.242 e. The SMILES string of the molecule is CCn1cc(S(=O)(=O)NC(C)CCSC)cc1CNC. The summed E-state index contributed by atoms with van der Waals surface area (Å²) in [7, 11) is -1.58. The fourth-order valence-electron chi connectivity index (χ4n) is 1.98. The molecule has 1 rings (SSSR count). The van der Waals surface area contributed by atoms with Gasteiger partial charge in [0, 0.05) is 31.0 Å². The third-order valence-electron chi connectivity index (χ3n) is 3.08. The van der Waals surface area contributed by atoms with Crippen molar-refractivity contribution >= 4 is 21.8 Å². The summed E-state index contributed by atoms with van der Waals surface area (Å²) in [6.45, 7) is 5.32. The van der Waals surface area contributed by atoms with Gasteiger partial charge in [0.15, 0.2) is 0 Å². The molecule has 7 heteroatoms. The van der Waals surface area contributed by atoms with E-state index in [1.807, 2.05) is 31.7 Å². The van der Waals surface area contributed by atoms with Gasteiger partial charge in [-0.15, -0.1) is 0 Å². The van der Waals surface area contributed by atoms with Crippen molar-refractivity contribution in [1.29, 1.82) is 0 Å².